The fourth-order valence-corrected chi connectivity index (χ4v) is 11.5. The van der Waals surface area contributed by atoms with Crippen LogP contribution in [0, 0.1) is 0 Å². The van der Waals surface area contributed by atoms with Crippen LogP contribution in [0.25, 0.3) is 91.9 Å². The molecule has 3 heterocycles. The Bertz CT molecular complexity index is 3740. The van der Waals surface area contributed by atoms with E-state index in [-0.39, 0.29) is 5.41 Å². The van der Waals surface area contributed by atoms with Crippen molar-refractivity contribution in [1.82, 2.24) is 4.57 Å². The molecular formula is C57H38N2OS. The summed E-state index contributed by atoms with van der Waals surface area (Å²) in [7, 11) is 0. The quantitative estimate of drug-likeness (QED) is 0.173. The van der Waals surface area contributed by atoms with Crippen LogP contribution in [0.4, 0.5) is 17.1 Å². The van der Waals surface area contributed by atoms with Crippen molar-refractivity contribution in [3.05, 3.63) is 205 Å². The second-order valence-corrected chi connectivity index (χ2v) is 18.0. The Labute approximate surface area is 357 Å². The molecule has 0 saturated heterocycles. The number of fused-ring (bicyclic) bond motifs is 12. The molecule has 0 aliphatic heterocycles. The lowest BCUT2D eigenvalue weighted by Gasteiger charge is -2.28. The zero-order valence-electron chi connectivity index (χ0n) is 33.7. The molecule has 0 spiro atoms. The van der Waals surface area contributed by atoms with E-state index >= 15 is 0 Å². The molecule has 3 nitrogen and oxygen atoms in total. The molecule has 61 heavy (non-hydrogen) atoms. The molecule has 288 valence electrons. The summed E-state index contributed by atoms with van der Waals surface area (Å²) in [5, 5.41) is 7.24. The van der Waals surface area contributed by atoms with Gasteiger partial charge in [-0.3, -0.25) is 0 Å². The van der Waals surface area contributed by atoms with Gasteiger partial charge in [0.05, 0.1) is 11.0 Å². The molecule has 4 heteroatoms. The molecule has 1 aliphatic rings. The molecule has 0 radical (unpaired) electrons. The van der Waals surface area contributed by atoms with Crippen LogP contribution >= 0.6 is 11.3 Å². The van der Waals surface area contributed by atoms with Gasteiger partial charge >= 0.3 is 0 Å². The number of hydrogen-bond donors (Lipinski definition) is 0. The van der Waals surface area contributed by atoms with Gasteiger partial charge in [0.15, 0.2) is 0 Å². The molecule has 0 N–H and O–H groups in total. The van der Waals surface area contributed by atoms with Gasteiger partial charge in [-0.1, -0.05) is 129 Å². The molecule has 9 aromatic carbocycles. The minimum Gasteiger partial charge on any atom is -0.456 e. The van der Waals surface area contributed by atoms with Gasteiger partial charge in [-0.15, -0.1) is 11.3 Å². The van der Waals surface area contributed by atoms with Crippen LogP contribution in [0.15, 0.2) is 199 Å². The minimum absolute atomic E-state index is 0.124. The molecule has 1 aliphatic carbocycles. The standard InChI is InChI=1S/C57H38N2OS/c1-57(2)46-22-12-9-19-40(46)41-29-26-39(33-47(41)57)58(36-15-5-3-6-16-36)38-27-30-48-45(32-38)55-49(59(48)37-17-7-4-8-18-37)34-51-56(44-21-10-13-23-50(44)60-51)54(55)35-25-28-43-42-20-11-14-24-52(42)61-53(43)31-35/h3-34H,1-2H3. The van der Waals surface area contributed by atoms with E-state index < -0.39 is 0 Å². The van der Waals surface area contributed by atoms with Crippen LogP contribution in [0.1, 0.15) is 25.0 Å². The fraction of sp³-hybridized carbons (Fsp3) is 0.0526. The number of anilines is 3. The first-order valence-corrected chi connectivity index (χ1v) is 21.8. The summed E-state index contributed by atoms with van der Waals surface area (Å²) in [5.41, 5.74) is 16.1. The number of para-hydroxylation sites is 3. The summed E-state index contributed by atoms with van der Waals surface area (Å²) in [6.45, 7) is 4.72. The monoisotopic (exact) mass is 798 g/mol. The van der Waals surface area contributed by atoms with Gasteiger partial charge in [0.1, 0.15) is 11.2 Å². The third-order valence-corrected chi connectivity index (χ3v) is 14.3. The van der Waals surface area contributed by atoms with Crippen molar-refractivity contribution >= 4 is 92.3 Å². The highest BCUT2D eigenvalue weighted by atomic mass is 32.1. The molecule has 0 fully saturated rings. The average Bonchev–Trinajstić information content (AvgIpc) is 4.02. The van der Waals surface area contributed by atoms with Crippen molar-refractivity contribution in [2.24, 2.45) is 0 Å². The molecular weight excluding hydrogens is 761 g/mol. The molecule has 0 saturated carbocycles. The maximum absolute atomic E-state index is 6.78. The van der Waals surface area contributed by atoms with E-state index in [9.17, 15) is 0 Å². The minimum atomic E-state index is -0.124. The largest absolute Gasteiger partial charge is 0.456 e. The maximum atomic E-state index is 6.78. The molecule has 3 aromatic heterocycles. The van der Waals surface area contributed by atoms with Gasteiger partial charge in [0, 0.05) is 81.5 Å². The Morgan fingerprint density at radius 1 is 0.459 bits per heavy atom. The zero-order chi connectivity index (χ0) is 40.4. The predicted octanol–water partition coefficient (Wildman–Crippen LogP) is 16.5. The van der Waals surface area contributed by atoms with E-state index in [4.69, 9.17) is 4.42 Å². The SMILES string of the molecule is CC1(C)c2ccccc2-c2ccc(N(c3ccccc3)c3ccc4c(c3)c3c(-c5ccc6c(c5)sc5ccccc56)c5c(cc3n4-c3ccccc3)oc3ccccc35)cc21. The number of thiophene rings is 1. The third kappa shape index (κ3) is 4.97. The summed E-state index contributed by atoms with van der Waals surface area (Å²) in [6, 6.07) is 71.1. The van der Waals surface area contributed by atoms with Crippen LogP contribution in [-0.2, 0) is 5.41 Å². The Hall–Kier alpha value is -7.40. The summed E-state index contributed by atoms with van der Waals surface area (Å²) in [5.74, 6) is 0. The summed E-state index contributed by atoms with van der Waals surface area (Å²) >= 11 is 1.86. The third-order valence-electron chi connectivity index (χ3n) is 13.2. The summed E-state index contributed by atoms with van der Waals surface area (Å²) in [4.78, 5) is 2.43. The van der Waals surface area contributed by atoms with E-state index in [0.29, 0.717) is 0 Å². The topological polar surface area (TPSA) is 21.3 Å². The Morgan fingerprint density at radius 2 is 1.15 bits per heavy atom. The highest BCUT2D eigenvalue weighted by molar-refractivity contribution is 7.25. The smallest absolute Gasteiger partial charge is 0.138 e. The van der Waals surface area contributed by atoms with Crippen molar-refractivity contribution in [1.29, 1.82) is 0 Å². The fourth-order valence-electron chi connectivity index (χ4n) is 10.4. The van der Waals surface area contributed by atoms with Crippen LogP contribution in [-0.4, -0.2) is 4.57 Å². The van der Waals surface area contributed by atoms with Crippen molar-refractivity contribution in [3.8, 4) is 27.9 Å². The van der Waals surface area contributed by atoms with E-state index in [1.54, 1.807) is 0 Å². The van der Waals surface area contributed by atoms with Crippen molar-refractivity contribution in [2.45, 2.75) is 19.3 Å². The second kappa shape index (κ2) is 12.8. The van der Waals surface area contributed by atoms with E-state index in [2.05, 4.69) is 217 Å². The molecule has 0 amide bonds. The number of furan rings is 1. The lowest BCUT2D eigenvalue weighted by atomic mass is 9.82. The molecule has 13 rings (SSSR count). The van der Waals surface area contributed by atoms with Crippen molar-refractivity contribution < 1.29 is 4.42 Å². The molecule has 0 unspecified atom stereocenters. The Kier molecular flexibility index (Phi) is 7.23. The number of aromatic nitrogens is 1. The first kappa shape index (κ1) is 34.5. The predicted molar refractivity (Wildman–Crippen MR) is 259 cm³/mol. The molecule has 12 aromatic rings. The highest BCUT2D eigenvalue weighted by Gasteiger charge is 2.36. The van der Waals surface area contributed by atoms with Gasteiger partial charge in [0.2, 0.25) is 0 Å². The Morgan fingerprint density at radius 3 is 2.02 bits per heavy atom. The van der Waals surface area contributed by atoms with Crippen LogP contribution in [0.3, 0.4) is 0 Å². The van der Waals surface area contributed by atoms with Gasteiger partial charge in [0.25, 0.3) is 0 Å². The Balaban J connectivity index is 1.13. The first-order chi connectivity index (χ1) is 30.0. The van der Waals surface area contributed by atoms with Crippen molar-refractivity contribution in [2.75, 3.05) is 4.90 Å². The van der Waals surface area contributed by atoms with E-state index in [1.165, 1.54) is 64.3 Å². The summed E-state index contributed by atoms with van der Waals surface area (Å²) < 4.78 is 11.8. The van der Waals surface area contributed by atoms with Gasteiger partial charge in [-0.2, -0.15) is 0 Å². The second-order valence-electron chi connectivity index (χ2n) is 16.9. The van der Waals surface area contributed by atoms with Crippen LogP contribution in [0.5, 0.6) is 0 Å². The van der Waals surface area contributed by atoms with Crippen LogP contribution in [0.2, 0.25) is 0 Å². The van der Waals surface area contributed by atoms with E-state index in [0.717, 1.165) is 55.7 Å². The number of nitrogens with zero attached hydrogens (tertiary/aromatic N) is 2. The normalized spacial score (nSPS) is 13.2. The first-order valence-electron chi connectivity index (χ1n) is 21.0. The number of benzene rings is 9. The average molecular weight is 799 g/mol. The van der Waals surface area contributed by atoms with Crippen molar-refractivity contribution in [3.63, 3.8) is 0 Å². The van der Waals surface area contributed by atoms with Gasteiger partial charge < -0.3 is 13.9 Å². The molecule has 0 bridgehead atoms. The van der Waals surface area contributed by atoms with Gasteiger partial charge in [-0.25, -0.2) is 0 Å². The number of rotatable bonds is 5. The highest BCUT2D eigenvalue weighted by Crippen LogP contribution is 2.52. The maximum Gasteiger partial charge on any atom is 0.138 e. The molecule has 0 atom stereocenters. The van der Waals surface area contributed by atoms with Gasteiger partial charge in [-0.05, 0) is 101 Å². The zero-order valence-corrected chi connectivity index (χ0v) is 34.5. The summed E-state index contributed by atoms with van der Waals surface area (Å²) in [6.07, 6.45) is 0. The van der Waals surface area contributed by atoms with Crippen LogP contribution < -0.4 is 4.90 Å². The lowest BCUT2D eigenvalue weighted by Crippen LogP contribution is -2.16. The lowest BCUT2D eigenvalue weighted by molar-refractivity contribution is 0.660. The number of hydrogen-bond acceptors (Lipinski definition) is 3. The van der Waals surface area contributed by atoms with E-state index in [1.807, 2.05) is 11.3 Å².